The molecule has 2 aromatic rings. The molecule has 21 heavy (non-hydrogen) atoms. The van der Waals surface area contributed by atoms with Gasteiger partial charge in [-0.3, -0.25) is 4.79 Å². The van der Waals surface area contributed by atoms with Crippen molar-refractivity contribution in [1.29, 1.82) is 0 Å². The van der Waals surface area contributed by atoms with Crippen LogP contribution in [0.15, 0.2) is 41.1 Å². The third kappa shape index (κ3) is 3.05. The molecule has 1 aliphatic rings. The van der Waals surface area contributed by atoms with Gasteiger partial charge in [0.2, 0.25) is 5.76 Å². The normalized spacial score (nSPS) is 18.0. The van der Waals surface area contributed by atoms with Gasteiger partial charge in [-0.15, -0.1) is 0 Å². The van der Waals surface area contributed by atoms with E-state index in [4.69, 9.17) is 9.26 Å². The van der Waals surface area contributed by atoms with E-state index in [2.05, 4.69) is 15.4 Å². The topological polar surface area (TPSA) is 67.6 Å². The van der Waals surface area contributed by atoms with E-state index in [0.29, 0.717) is 6.10 Å². The van der Waals surface area contributed by atoms with Crippen LogP contribution in [-0.2, 0) is 4.74 Å². The maximum atomic E-state index is 11.8. The van der Waals surface area contributed by atoms with Crippen molar-refractivity contribution in [1.82, 2.24) is 5.16 Å². The molecule has 110 valence electrons. The number of ether oxygens (including phenoxy) is 1. The molecule has 1 saturated heterocycles. The zero-order chi connectivity index (χ0) is 14.7. The largest absolute Gasteiger partial charge is 0.380 e. The predicted molar refractivity (Wildman–Crippen MR) is 78.5 cm³/mol. The van der Waals surface area contributed by atoms with Gasteiger partial charge in [-0.25, -0.2) is 0 Å². The highest BCUT2D eigenvalue weighted by atomic mass is 16.5. The van der Waals surface area contributed by atoms with Gasteiger partial charge in [0.15, 0.2) is 0 Å². The van der Waals surface area contributed by atoms with Crippen molar-refractivity contribution in [3.05, 3.63) is 42.3 Å². The van der Waals surface area contributed by atoms with Crippen LogP contribution in [0, 0.1) is 0 Å². The van der Waals surface area contributed by atoms with E-state index >= 15 is 0 Å². The van der Waals surface area contributed by atoms with E-state index in [9.17, 15) is 4.79 Å². The van der Waals surface area contributed by atoms with Crippen LogP contribution in [-0.4, -0.2) is 37.4 Å². The standard InChI is InChI=1S/C15H17N3O3/c1-20-13-7-9-18(10-13)12-4-2-11(3-5-12)17-15(19)14-6-8-16-21-14/h2-6,8,13H,7,9-10H2,1H3,(H,17,19)/t13-/m1/s1. The van der Waals surface area contributed by atoms with Gasteiger partial charge in [-0.05, 0) is 30.7 Å². The highest BCUT2D eigenvalue weighted by Gasteiger charge is 2.22. The van der Waals surface area contributed by atoms with Crippen LogP contribution in [0.4, 0.5) is 11.4 Å². The van der Waals surface area contributed by atoms with Crippen LogP contribution < -0.4 is 10.2 Å². The lowest BCUT2D eigenvalue weighted by atomic mass is 10.2. The highest BCUT2D eigenvalue weighted by Crippen LogP contribution is 2.23. The molecule has 1 amide bonds. The fourth-order valence-electron chi connectivity index (χ4n) is 2.44. The zero-order valence-corrected chi connectivity index (χ0v) is 11.8. The summed E-state index contributed by atoms with van der Waals surface area (Å²) in [5.74, 6) is -0.109. The third-order valence-electron chi connectivity index (χ3n) is 3.63. The molecule has 3 rings (SSSR count). The molecule has 0 unspecified atom stereocenters. The average molecular weight is 287 g/mol. The SMILES string of the molecule is CO[C@@H]1CCN(c2ccc(NC(=O)c3ccno3)cc2)C1. The average Bonchev–Trinajstić information content (AvgIpc) is 3.19. The molecule has 1 fully saturated rings. The Morgan fingerprint density at radius 3 is 2.81 bits per heavy atom. The van der Waals surface area contributed by atoms with Crippen molar-refractivity contribution in [3.8, 4) is 0 Å². The number of hydrogen-bond acceptors (Lipinski definition) is 5. The third-order valence-corrected chi connectivity index (χ3v) is 3.63. The minimum Gasteiger partial charge on any atom is -0.380 e. The molecule has 1 N–H and O–H groups in total. The van der Waals surface area contributed by atoms with Crippen LogP contribution in [0.5, 0.6) is 0 Å². The first kappa shape index (κ1) is 13.6. The van der Waals surface area contributed by atoms with Crippen LogP contribution in [0.25, 0.3) is 0 Å². The Bertz CT molecular complexity index is 595. The lowest BCUT2D eigenvalue weighted by molar-refractivity contribution is 0.0988. The fraction of sp³-hybridized carbons (Fsp3) is 0.333. The monoisotopic (exact) mass is 287 g/mol. The Morgan fingerprint density at radius 1 is 1.38 bits per heavy atom. The Balaban J connectivity index is 1.63. The molecule has 1 aromatic carbocycles. The van der Waals surface area contributed by atoms with Gasteiger partial charge in [0.1, 0.15) is 0 Å². The quantitative estimate of drug-likeness (QED) is 0.933. The molecular weight excluding hydrogens is 270 g/mol. The van der Waals surface area contributed by atoms with Crippen molar-refractivity contribution in [2.24, 2.45) is 0 Å². The van der Waals surface area contributed by atoms with Crippen LogP contribution in [0.3, 0.4) is 0 Å². The summed E-state index contributed by atoms with van der Waals surface area (Å²) in [4.78, 5) is 14.1. The molecule has 0 radical (unpaired) electrons. The molecular formula is C15H17N3O3. The summed E-state index contributed by atoms with van der Waals surface area (Å²) in [6.45, 7) is 1.89. The Labute approximate surface area is 122 Å². The first-order valence-corrected chi connectivity index (χ1v) is 6.86. The lowest BCUT2D eigenvalue weighted by Gasteiger charge is -2.18. The molecule has 0 aliphatic carbocycles. The molecule has 0 spiro atoms. The summed E-state index contributed by atoms with van der Waals surface area (Å²) in [5, 5.41) is 6.28. The van der Waals surface area contributed by atoms with Gasteiger partial charge in [0.25, 0.3) is 5.91 Å². The second-order valence-corrected chi connectivity index (χ2v) is 4.97. The molecule has 1 atom stereocenters. The number of anilines is 2. The number of nitrogens with zero attached hydrogens (tertiary/aromatic N) is 2. The maximum Gasteiger partial charge on any atom is 0.294 e. The van der Waals surface area contributed by atoms with Gasteiger partial charge in [-0.1, -0.05) is 5.16 Å². The number of carbonyl (C=O) groups excluding carboxylic acids is 1. The van der Waals surface area contributed by atoms with Gasteiger partial charge in [-0.2, -0.15) is 0 Å². The highest BCUT2D eigenvalue weighted by molar-refractivity contribution is 6.02. The van der Waals surface area contributed by atoms with Crippen molar-refractivity contribution >= 4 is 17.3 Å². The molecule has 0 saturated carbocycles. The zero-order valence-electron chi connectivity index (χ0n) is 11.8. The number of methoxy groups -OCH3 is 1. The molecule has 1 aromatic heterocycles. The van der Waals surface area contributed by atoms with Crippen LogP contribution >= 0.6 is 0 Å². The van der Waals surface area contributed by atoms with Gasteiger partial charge in [0.05, 0.1) is 12.3 Å². The molecule has 1 aliphatic heterocycles. The van der Waals surface area contributed by atoms with Crippen LogP contribution in [0.1, 0.15) is 17.0 Å². The van der Waals surface area contributed by atoms with Gasteiger partial charge in [0, 0.05) is 37.6 Å². The van der Waals surface area contributed by atoms with Crippen molar-refractivity contribution in [3.63, 3.8) is 0 Å². The minimum atomic E-state index is -0.305. The number of aromatic nitrogens is 1. The van der Waals surface area contributed by atoms with E-state index in [1.165, 1.54) is 12.3 Å². The summed E-state index contributed by atoms with van der Waals surface area (Å²) < 4.78 is 10.2. The smallest absolute Gasteiger partial charge is 0.294 e. The van der Waals surface area contributed by atoms with E-state index in [-0.39, 0.29) is 11.7 Å². The second kappa shape index (κ2) is 5.97. The van der Waals surface area contributed by atoms with Crippen molar-refractivity contribution in [2.75, 3.05) is 30.4 Å². The number of nitrogens with one attached hydrogen (secondary N) is 1. The number of amides is 1. The van der Waals surface area contributed by atoms with E-state index in [1.807, 2.05) is 24.3 Å². The summed E-state index contributed by atoms with van der Waals surface area (Å²) in [5.41, 5.74) is 1.86. The fourth-order valence-corrected chi connectivity index (χ4v) is 2.44. The maximum absolute atomic E-state index is 11.8. The van der Waals surface area contributed by atoms with E-state index < -0.39 is 0 Å². The first-order chi connectivity index (χ1) is 10.3. The summed E-state index contributed by atoms with van der Waals surface area (Å²) >= 11 is 0. The number of hydrogen-bond donors (Lipinski definition) is 1. The predicted octanol–water partition coefficient (Wildman–Crippen LogP) is 2.15. The minimum absolute atomic E-state index is 0.196. The molecule has 6 heteroatoms. The summed E-state index contributed by atoms with van der Waals surface area (Å²) in [6.07, 6.45) is 2.79. The molecule has 2 heterocycles. The first-order valence-electron chi connectivity index (χ1n) is 6.86. The Kier molecular flexibility index (Phi) is 3.87. The number of benzene rings is 1. The molecule has 0 bridgehead atoms. The van der Waals surface area contributed by atoms with E-state index in [0.717, 1.165) is 30.9 Å². The Morgan fingerprint density at radius 2 is 2.19 bits per heavy atom. The summed E-state index contributed by atoms with van der Waals surface area (Å²) in [6, 6.07) is 9.27. The number of rotatable bonds is 4. The second-order valence-electron chi connectivity index (χ2n) is 4.97. The number of carbonyl (C=O) groups is 1. The summed E-state index contributed by atoms with van der Waals surface area (Å²) in [7, 11) is 1.75. The Hall–Kier alpha value is -2.34. The lowest BCUT2D eigenvalue weighted by Crippen LogP contribution is -2.22. The van der Waals surface area contributed by atoms with Gasteiger partial charge >= 0.3 is 0 Å². The van der Waals surface area contributed by atoms with Gasteiger partial charge < -0.3 is 19.5 Å². The van der Waals surface area contributed by atoms with E-state index in [1.54, 1.807) is 7.11 Å². The van der Waals surface area contributed by atoms with Crippen molar-refractivity contribution in [2.45, 2.75) is 12.5 Å². The van der Waals surface area contributed by atoms with Crippen LogP contribution in [0.2, 0.25) is 0 Å². The molecule has 6 nitrogen and oxygen atoms in total. The van der Waals surface area contributed by atoms with Crippen molar-refractivity contribution < 1.29 is 14.1 Å².